The summed E-state index contributed by atoms with van der Waals surface area (Å²) in [6.45, 7) is 2.13. The van der Waals surface area contributed by atoms with E-state index in [1.54, 1.807) is 44.4 Å². The normalized spacial score (nSPS) is 15.9. The minimum Gasteiger partial charge on any atom is -0.479 e. The number of carbonyl (C=O) groups is 2. The highest BCUT2D eigenvalue weighted by atomic mass is 16.5. The van der Waals surface area contributed by atoms with Crippen molar-refractivity contribution in [3.05, 3.63) is 53.6 Å². The number of benzene rings is 2. The Morgan fingerprint density at radius 2 is 2.12 bits per heavy atom. The van der Waals surface area contributed by atoms with Crippen LogP contribution >= 0.6 is 0 Å². The van der Waals surface area contributed by atoms with Crippen molar-refractivity contribution in [2.45, 2.75) is 19.6 Å². The van der Waals surface area contributed by atoms with Gasteiger partial charge >= 0.3 is 0 Å². The maximum Gasteiger partial charge on any atom is 0.265 e. The monoisotopic (exact) mass is 326 g/mol. The van der Waals surface area contributed by atoms with Gasteiger partial charge in [-0.05, 0) is 42.8 Å². The van der Waals surface area contributed by atoms with Crippen LogP contribution in [0.3, 0.4) is 0 Å². The zero-order valence-corrected chi connectivity index (χ0v) is 13.5. The number of hydrogen-bond acceptors (Lipinski definition) is 4. The van der Waals surface area contributed by atoms with E-state index < -0.39 is 6.10 Å². The first-order valence-electron chi connectivity index (χ1n) is 7.57. The first-order valence-corrected chi connectivity index (χ1v) is 7.57. The Morgan fingerprint density at radius 1 is 1.29 bits per heavy atom. The molecule has 1 unspecified atom stereocenters. The molecule has 6 heteroatoms. The third-order valence-corrected chi connectivity index (χ3v) is 3.67. The Morgan fingerprint density at radius 3 is 2.92 bits per heavy atom. The molecule has 6 nitrogen and oxygen atoms in total. The van der Waals surface area contributed by atoms with Crippen LogP contribution in [-0.2, 0) is 16.1 Å². The van der Waals surface area contributed by atoms with Crippen LogP contribution in [0.25, 0.3) is 0 Å². The molecule has 0 bridgehead atoms. The fourth-order valence-corrected chi connectivity index (χ4v) is 2.46. The number of hydrogen-bond donors (Lipinski definition) is 2. The Balaban J connectivity index is 1.77. The van der Waals surface area contributed by atoms with Crippen LogP contribution < -0.4 is 15.4 Å². The SMILES string of the molecule is COCc1cccc(C(=O)Nc2ccc3c(c2)NC(=O)C(C)O3)c1. The number of ether oxygens (including phenoxy) is 2. The molecule has 2 amide bonds. The highest BCUT2D eigenvalue weighted by molar-refractivity contribution is 6.05. The Bertz CT molecular complexity index is 788. The van der Waals surface area contributed by atoms with Crippen molar-refractivity contribution >= 4 is 23.2 Å². The van der Waals surface area contributed by atoms with E-state index in [0.29, 0.717) is 29.3 Å². The van der Waals surface area contributed by atoms with E-state index in [0.717, 1.165) is 5.56 Å². The molecular weight excluding hydrogens is 308 g/mol. The molecular formula is C18H18N2O4. The van der Waals surface area contributed by atoms with Crippen LogP contribution in [0.1, 0.15) is 22.8 Å². The van der Waals surface area contributed by atoms with Gasteiger partial charge in [0.25, 0.3) is 11.8 Å². The lowest BCUT2D eigenvalue weighted by Gasteiger charge is -2.23. The van der Waals surface area contributed by atoms with E-state index in [1.165, 1.54) is 0 Å². The summed E-state index contributed by atoms with van der Waals surface area (Å²) in [5, 5.41) is 5.57. The highest BCUT2D eigenvalue weighted by Gasteiger charge is 2.23. The van der Waals surface area contributed by atoms with Crippen molar-refractivity contribution in [1.29, 1.82) is 0 Å². The minimum atomic E-state index is -0.526. The summed E-state index contributed by atoms with van der Waals surface area (Å²) in [4.78, 5) is 24.1. The van der Waals surface area contributed by atoms with E-state index in [2.05, 4.69) is 10.6 Å². The van der Waals surface area contributed by atoms with Crippen molar-refractivity contribution < 1.29 is 19.1 Å². The Kier molecular flexibility index (Phi) is 4.48. The molecule has 0 fully saturated rings. The molecule has 1 aliphatic heterocycles. The van der Waals surface area contributed by atoms with Gasteiger partial charge in [-0.1, -0.05) is 12.1 Å². The zero-order chi connectivity index (χ0) is 17.1. The molecule has 3 rings (SSSR count). The largest absolute Gasteiger partial charge is 0.479 e. The van der Waals surface area contributed by atoms with Gasteiger partial charge < -0.3 is 20.1 Å². The maximum atomic E-state index is 12.4. The lowest BCUT2D eigenvalue weighted by atomic mass is 10.1. The van der Waals surface area contributed by atoms with Crippen LogP contribution in [0, 0.1) is 0 Å². The second kappa shape index (κ2) is 6.72. The third kappa shape index (κ3) is 3.38. The summed E-state index contributed by atoms with van der Waals surface area (Å²) in [6.07, 6.45) is -0.526. The third-order valence-electron chi connectivity index (χ3n) is 3.67. The van der Waals surface area contributed by atoms with Gasteiger partial charge in [0, 0.05) is 18.4 Å². The van der Waals surface area contributed by atoms with E-state index >= 15 is 0 Å². The van der Waals surface area contributed by atoms with E-state index in [-0.39, 0.29) is 11.8 Å². The summed E-state index contributed by atoms with van der Waals surface area (Å²) in [5.74, 6) is 0.143. The predicted molar refractivity (Wildman–Crippen MR) is 90.3 cm³/mol. The topological polar surface area (TPSA) is 76.7 Å². The number of carbonyl (C=O) groups excluding carboxylic acids is 2. The molecule has 124 valence electrons. The average molecular weight is 326 g/mol. The van der Waals surface area contributed by atoms with Crippen LogP contribution in [0.2, 0.25) is 0 Å². The van der Waals surface area contributed by atoms with Gasteiger partial charge in [-0.25, -0.2) is 0 Å². The summed E-state index contributed by atoms with van der Waals surface area (Å²) >= 11 is 0. The van der Waals surface area contributed by atoms with E-state index in [1.807, 2.05) is 12.1 Å². The molecule has 0 aromatic heterocycles. The summed E-state index contributed by atoms with van der Waals surface area (Å²) in [6, 6.07) is 12.4. The van der Waals surface area contributed by atoms with Gasteiger partial charge in [-0.15, -0.1) is 0 Å². The van der Waals surface area contributed by atoms with Crippen LogP contribution in [0.15, 0.2) is 42.5 Å². The van der Waals surface area contributed by atoms with Gasteiger partial charge in [0.15, 0.2) is 6.10 Å². The first-order chi connectivity index (χ1) is 11.6. The highest BCUT2D eigenvalue weighted by Crippen LogP contribution is 2.32. The number of rotatable bonds is 4. The molecule has 2 aromatic carbocycles. The number of amides is 2. The molecule has 0 radical (unpaired) electrons. The van der Waals surface area contributed by atoms with Gasteiger partial charge in [0.2, 0.25) is 0 Å². The molecule has 2 N–H and O–H groups in total. The lowest BCUT2D eigenvalue weighted by molar-refractivity contribution is -0.122. The van der Waals surface area contributed by atoms with Gasteiger partial charge in [0.05, 0.1) is 12.3 Å². The Labute approximate surface area is 139 Å². The van der Waals surface area contributed by atoms with Crippen molar-refractivity contribution in [1.82, 2.24) is 0 Å². The van der Waals surface area contributed by atoms with Gasteiger partial charge in [-0.3, -0.25) is 9.59 Å². The van der Waals surface area contributed by atoms with Crippen molar-refractivity contribution in [2.24, 2.45) is 0 Å². The number of methoxy groups -OCH3 is 1. The van der Waals surface area contributed by atoms with Crippen molar-refractivity contribution in [3.63, 3.8) is 0 Å². The Hall–Kier alpha value is -2.86. The molecule has 0 saturated carbocycles. The molecule has 1 heterocycles. The lowest BCUT2D eigenvalue weighted by Crippen LogP contribution is -2.34. The smallest absolute Gasteiger partial charge is 0.265 e. The molecule has 24 heavy (non-hydrogen) atoms. The van der Waals surface area contributed by atoms with Crippen LogP contribution in [0.4, 0.5) is 11.4 Å². The predicted octanol–water partition coefficient (Wildman–Crippen LogP) is 2.80. The second-order valence-electron chi connectivity index (χ2n) is 5.55. The fourth-order valence-electron chi connectivity index (χ4n) is 2.46. The van der Waals surface area contributed by atoms with Gasteiger partial charge in [0.1, 0.15) is 5.75 Å². The quantitative estimate of drug-likeness (QED) is 0.906. The van der Waals surface area contributed by atoms with Crippen molar-refractivity contribution in [3.8, 4) is 5.75 Å². The molecule has 0 spiro atoms. The van der Waals surface area contributed by atoms with Crippen molar-refractivity contribution in [2.75, 3.05) is 17.7 Å². The number of anilines is 2. The number of fused-ring (bicyclic) bond motifs is 1. The molecule has 1 atom stereocenters. The molecule has 0 aliphatic carbocycles. The second-order valence-corrected chi connectivity index (χ2v) is 5.55. The maximum absolute atomic E-state index is 12.4. The molecule has 0 saturated heterocycles. The number of nitrogens with one attached hydrogen (secondary N) is 2. The van der Waals surface area contributed by atoms with Crippen LogP contribution in [0.5, 0.6) is 5.75 Å². The minimum absolute atomic E-state index is 0.210. The van der Waals surface area contributed by atoms with Gasteiger partial charge in [-0.2, -0.15) is 0 Å². The zero-order valence-electron chi connectivity index (χ0n) is 13.5. The van der Waals surface area contributed by atoms with E-state index in [9.17, 15) is 9.59 Å². The average Bonchev–Trinajstić information content (AvgIpc) is 2.57. The fraction of sp³-hybridized carbons (Fsp3) is 0.222. The standard InChI is InChI=1S/C18H18N2O4/c1-11-17(21)20-15-9-14(6-7-16(15)24-11)19-18(22)13-5-3-4-12(8-13)10-23-2/h3-9,11H,10H2,1-2H3,(H,19,22)(H,20,21). The van der Waals surface area contributed by atoms with Crippen LogP contribution in [-0.4, -0.2) is 25.0 Å². The summed E-state index contributed by atoms with van der Waals surface area (Å²) < 4.78 is 10.6. The molecule has 2 aromatic rings. The molecule has 1 aliphatic rings. The summed E-state index contributed by atoms with van der Waals surface area (Å²) in [7, 11) is 1.61. The van der Waals surface area contributed by atoms with E-state index in [4.69, 9.17) is 9.47 Å². The first kappa shape index (κ1) is 16.0. The summed E-state index contributed by atoms with van der Waals surface area (Å²) in [5.41, 5.74) is 2.58.